The van der Waals surface area contributed by atoms with Gasteiger partial charge < -0.3 is 5.73 Å². The molecular formula is C13H17N5OS2. The molecular weight excluding hydrogens is 306 g/mol. The van der Waals surface area contributed by atoms with Gasteiger partial charge in [-0.3, -0.25) is 9.98 Å². The van der Waals surface area contributed by atoms with Gasteiger partial charge in [-0.25, -0.2) is 9.89 Å². The van der Waals surface area contributed by atoms with Crippen molar-refractivity contribution < 1.29 is 0 Å². The number of thioether (sulfide) groups is 1. The fourth-order valence-electron chi connectivity index (χ4n) is 1.90. The van der Waals surface area contributed by atoms with E-state index < -0.39 is 0 Å². The monoisotopic (exact) mass is 323 g/mol. The van der Waals surface area contributed by atoms with Crippen molar-refractivity contribution in [3.63, 3.8) is 0 Å². The minimum absolute atomic E-state index is 0.0231. The maximum Gasteiger partial charge on any atom is 0.343 e. The van der Waals surface area contributed by atoms with Crippen molar-refractivity contribution in [3.05, 3.63) is 34.2 Å². The summed E-state index contributed by atoms with van der Waals surface area (Å²) in [6, 6.07) is 5.76. The Kier molecular flexibility index (Phi) is 5.13. The number of nitrogens with two attached hydrogens (primary N) is 1. The average molecular weight is 323 g/mol. The van der Waals surface area contributed by atoms with Crippen LogP contribution in [0, 0.1) is 5.41 Å². The van der Waals surface area contributed by atoms with Gasteiger partial charge >= 0.3 is 5.69 Å². The van der Waals surface area contributed by atoms with E-state index in [1.54, 1.807) is 16.3 Å². The minimum Gasteiger partial charge on any atom is -0.384 e. The van der Waals surface area contributed by atoms with E-state index in [1.807, 2.05) is 25.1 Å². The molecule has 1 aromatic heterocycles. The predicted molar refractivity (Wildman–Crippen MR) is 86.5 cm³/mol. The number of aromatic nitrogens is 3. The fraction of sp³-hybridized carbons (Fsp3) is 0.308. The molecule has 0 amide bonds. The highest BCUT2D eigenvalue weighted by atomic mass is 32.2. The summed E-state index contributed by atoms with van der Waals surface area (Å²) in [4.78, 5) is 13.4. The predicted octanol–water partition coefficient (Wildman–Crippen LogP) is 2.14. The van der Waals surface area contributed by atoms with Crippen molar-refractivity contribution in [2.45, 2.75) is 35.3 Å². The van der Waals surface area contributed by atoms with Crippen LogP contribution < -0.4 is 11.4 Å². The van der Waals surface area contributed by atoms with Crippen LogP contribution in [-0.4, -0.2) is 26.4 Å². The second-order valence-corrected chi connectivity index (χ2v) is 6.45. The Bertz CT molecular complexity index is 707. The van der Waals surface area contributed by atoms with Crippen LogP contribution in [0.3, 0.4) is 0 Å². The van der Waals surface area contributed by atoms with Crippen molar-refractivity contribution in [1.29, 1.82) is 5.41 Å². The van der Waals surface area contributed by atoms with Crippen molar-refractivity contribution in [3.8, 4) is 0 Å². The number of aromatic amines is 1. The molecule has 1 aromatic carbocycles. The van der Waals surface area contributed by atoms with Crippen LogP contribution in [0.1, 0.15) is 19.4 Å². The van der Waals surface area contributed by atoms with Gasteiger partial charge in [0, 0.05) is 21.9 Å². The summed E-state index contributed by atoms with van der Waals surface area (Å²) in [5, 5.41) is 14.9. The molecule has 2 rings (SSSR count). The Labute approximate surface area is 131 Å². The molecule has 4 N–H and O–H groups in total. The molecule has 1 heterocycles. The molecule has 0 aliphatic heterocycles. The SMILES string of the molecule is CCSc1cccc(Sc2n[nH]c(=O)n2CC)c1C(=N)N. The van der Waals surface area contributed by atoms with Gasteiger partial charge in [-0.1, -0.05) is 13.0 Å². The number of amidine groups is 1. The number of rotatable bonds is 6. The van der Waals surface area contributed by atoms with E-state index in [4.69, 9.17) is 11.1 Å². The molecule has 21 heavy (non-hydrogen) atoms. The zero-order valence-electron chi connectivity index (χ0n) is 11.8. The molecule has 0 saturated heterocycles. The summed E-state index contributed by atoms with van der Waals surface area (Å²) in [6.45, 7) is 4.48. The number of H-pyrrole nitrogens is 1. The van der Waals surface area contributed by atoms with E-state index in [1.165, 1.54) is 11.8 Å². The Morgan fingerprint density at radius 2 is 2.14 bits per heavy atom. The van der Waals surface area contributed by atoms with Crippen LogP contribution in [0.2, 0.25) is 0 Å². The second-order valence-electron chi connectivity index (χ2n) is 4.13. The average Bonchev–Trinajstić information content (AvgIpc) is 2.79. The number of nitrogens with one attached hydrogen (secondary N) is 2. The summed E-state index contributed by atoms with van der Waals surface area (Å²) in [5.74, 6) is 0.922. The largest absolute Gasteiger partial charge is 0.384 e. The maximum atomic E-state index is 11.6. The van der Waals surface area contributed by atoms with E-state index in [9.17, 15) is 4.79 Å². The fourth-order valence-corrected chi connectivity index (χ4v) is 3.89. The van der Waals surface area contributed by atoms with E-state index in [-0.39, 0.29) is 11.5 Å². The molecule has 0 fully saturated rings. The molecule has 0 bridgehead atoms. The lowest BCUT2D eigenvalue weighted by Gasteiger charge is -2.12. The van der Waals surface area contributed by atoms with Crippen LogP contribution in [0.15, 0.2) is 37.9 Å². The standard InChI is InChI=1S/C13H17N5OS2/c1-3-18-12(19)16-17-13(18)21-9-7-5-6-8(20-4-2)10(9)11(14)15/h5-7H,3-4H2,1-2H3,(H3,14,15)(H,16,19). The van der Waals surface area contributed by atoms with Gasteiger partial charge in [-0.2, -0.15) is 0 Å². The van der Waals surface area contributed by atoms with Crippen LogP contribution >= 0.6 is 23.5 Å². The number of hydrogen-bond acceptors (Lipinski definition) is 5. The van der Waals surface area contributed by atoms with Crippen LogP contribution in [0.25, 0.3) is 0 Å². The van der Waals surface area contributed by atoms with Gasteiger partial charge in [0.25, 0.3) is 0 Å². The zero-order chi connectivity index (χ0) is 15.4. The van der Waals surface area contributed by atoms with E-state index in [0.717, 1.165) is 15.5 Å². The van der Waals surface area contributed by atoms with Crippen LogP contribution in [-0.2, 0) is 6.54 Å². The molecule has 112 valence electrons. The highest BCUT2D eigenvalue weighted by Gasteiger charge is 2.15. The Balaban J connectivity index is 2.46. The highest BCUT2D eigenvalue weighted by molar-refractivity contribution is 8.00. The number of benzene rings is 1. The Morgan fingerprint density at radius 1 is 1.43 bits per heavy atom. The van der Waals surface area contributed by atoms with E-state index >= 15 is 0 Å². The molecule has 0 radical (unpaired) electrons. The quantitative estimate of drug-likeness (QED) is 0.429. The van der Waals surface area contributed by atoms with Gasteiger partial charge in [-0.05, 0) is 36.6 Å². The van der Waals surface area contributed by atoms with E-state index in [0.29, 0.717) is 17.3 Å². The molecule has 0 aliphatic carbocycles. The molecule has 0 unspecified atom stereocenters. The minimum atomic E-state index is -0.233. The van der Waals surface area contributed by atoms with Crippen molar-refractivity contribution in [1.82, 2.24) is 14.8 Å². The topological polar surface area (TPSA) is 101 Å². The lowest BCUT2D eigenvalue weighted by Crippen LogP contribution is -2.16. The Morgan fingerprint density at radius 3 is 2.76 bits per heavy atom. The molecule has 0 spiro atoms. The molecule has 6 nitrogen and oxygen atoms in total. The molecule has 2 aromatic rings. The molecule has 8 heteroatoms. The van der Waals surface area contributed by atoms with Crippen molar-refractivity contribution in [2.75, 3.05) is 5.75 Å². The highest BCUT2D eigenvalue weighted by Crippen LogP contribution is 2.34. The second kappa shape index (κ2) is 6.86. The van der Waals surface area contributed by atoms with Crippen LogP contribution in [0.5, 0.6) is 0 Å². The van der Waals surface area contributed by atoms with Gasteiger partial charge in [0.15, 0.2) is 5.16 Å². The van der Waals surface area contributed by atoms with Gasteiger partial charge in [0.2, 0.25) is 0 Å². The third-order valence-electron chi connectivity index (χ3n) is 2.80. The van der Waals surface area contributed by atoms with Crippen molar-refractivity contribution in [2.24, 2.45) is 5.73 Å². The summed E-state index contributed by atoms with van der Waals surface area (Å²) < 4.78 is 1.55. The summed E-state index contributed by atoms with van der Waals surface area (Å²) in [7, 11) is 0. The lowest BCUT2D eigenvalue weighted by molar-refractivity contribution is 0.660. The van der Waals surface area contributed by atoms with Gasteiger partial charge in [-0.15, -0.1) is 16.9 Å². The van der Waals surface area contributed by atoms with Crippen LogP contribution in [0.4, 0.5) is 0 Å². The molecule has 0 saturated carbocycles. The van der Waals surface area contributed by atoms with E-state index in [2.05, 4.69) is 17.1 Å². The normalized spacial score (nSPS) is 10.8. The number of nitrogens with zero attached hydrogens (tertiary/aromatic N) is 2. The maximum absolute atomic E-state index is 11.6. The number of hydrogen-bond donors (Lipinski definition) is 3. The molecule has 0 atom stereocenters. The third-order valence-corrected chi connectivity index (χ3v) is 4.79. The summed E-state index contributed by atoms with van der Waals surface area (Å²) >= 11 is 2.98. The first-order chi connectivity index (χ1) is 10.1. The Hall–Kier alpha value is -1.67. The number of nitrogen functional groups attached to an aromatic ring is 1. The van der Waals surface area contributed by atoms with Gasteiger partial charge in [0.05, 0.1) is 0 Å². The summed E-state index contributed by atoms with van der Waals surface area (Å²) in [6.07, 6.45) is 0. The van der Waals surface area contributed by atoms with Gasteiger partial charge in [0.1, 0.15) is 5.84 Å². The first-order valence-corrected chi connectivity index (χ1v) is 8.31. The van der Waals surface area contributed by atoms with Crippen molar-refractivity contribution >= 4 is 29.4 Å². The summed E-state index contributed by atoms with van der Waals surface area (Å²) in [5.41, 5.74) is 6.20. The zero-order valence-corrected chi connectivity index (χ0v) is 13.5. The molecule has 0 aliphatic rings. The lowest BCUT2D eigenvalue weighted by atomic mass is 10.2. The third kappa shape index (κ3) is 3.33. The first-order valence-electron chi connectivity index (χ1n) is 6.51. The smallest absolute Gasteiger partial charge is 0.343 e. The first kappa shape index (κ1) is 15.7.